The third-order valence-corrected chi connectivity index (χ3v) is 3.04. The van der Waals surface area contributed by atoms with Gasteiger partial charge in [-0.3, -0.25) is 4.79 Å². The van der Waals surface area contributed by atoms with Gasteiger partial charge in [0.05, 0.1) is 26.9 Å². The van der Waals surface area contributed by atoms with E-state index in [4.69, 9.17) is 14.2 Å². The molecule has 0 bridgehead atoms. The molecule has 0 heterocycles. The molecule has 0 unspecified atom stereocenters. The van der Waals surface area contributed by atoms with Gasteiger partial charge in [-0.15, -0.1) is 0 Å². The lowest BCUT2D eigenvalue weighted by molar-refractivity contribution is 0.105. The molecule has 0 aliphatic rings. The summed E-state index contributed by atoms with van der Waals surface area (Å²) in [4.78, 5) is 12.3. The molecule has 0 aromatic heterocycles. The SMILES string of the molecule is COc1ccc(C(=O)C#Cc2ccccc2)c(OC)c1OC. The molecule has 0 spiro atoms. The van der Waals surface area contributed by atoms with Gasteiger partial charge in [-0.2, -0.15) is 0 Å². The van der Waals surface area contributed by atoms with E-state index in [1.807, 2.05) is 30.3 Å². The van der Waals surface area contributed by atoms with Crippen LogP contribution in [0.15, 0.2) is 42.5 Å². The molecule has 0 N–H and O–H groups in total. The molecule has 0 aliphatic heterocycles. The van der Waals surface area contributed by atoms with Crippen LogP contribution in [0.2, 0.25) is 0 Å². The van der Waals surface area contributed by atoms with Crippen molar-refractivity contribution in [3.8, 4) is 29.1 Å². The third-order valence-electron chi connectivity index (χ3n) is 3.04. The summed E-state index contributed by atoms with van der Waals surface area (Å²) in [7, 11) is 4.48. The summed E-state index contributed by atoms with van der Waals surface area (Å²) < 4.78 is 15.7. The van der Waals surface area contributed by atoms with Gasteiger partial charge in [0.1, 0.15) is 0 Å². The topological polar surface area (TPSA) is 44.8 Å². The summed E-state index contributed by atoms with van der Waals surface area (Å²) in [6.07, 6.45) is 0. The molecule has 0 aliphatic carbocycles. The fraction of sp³-hybridized carbons (Fsp3) is 0.167. The molecule has 0 fully saturated rings. The number of carbonyl (C=O) groups excluding carboxylic acids is 1. The van der Waals surface area contributed by atoms with E-state index in [0.717, 1.165) is 5.56 Å². The van der Waals surface area contributed by atoms with Gasteiger partial charge >= 0.3 is 0 Å². The highest BCUT2D eigenvalue weighted by Gasteiger charge is 2.19. The molecule has 4 heteroatoms. The number of carbonyl (C=O) groups is 1. The van der Waals surface area contributed by atoms with Crippen molar-refractivity contribution in [2.45, 2.75) is 0 Å². The number of ketones is 1. The first kappa shape index (κ1) is 15.5. The molecule has 2 rings (SSSR count). The van der Waals surface area contributed by atoms with Gasteiger partial charge in [0.15, 0.2) is 11.5 Å². The molecule has 0 saturated heterocycles. The van der Waals surface area contributed by atoms with E-state index in [0.29, 0.717) is 22.8 Å². The lowest BCUT2D eigenvalue weighted by Gasteiger charge is -2.13. The van der Waals surface area contributed by atoms with E-state index in [-0.39, 0.29) is 5.78 Å². The average Bonchev–Trinajstić information content (AvgIpc) is 2.58. The largest absolute Gasteiger partial charge is 0.493 e. The maximum atomic E-state index is 12.3. The summed E-state index contributed by atoms with van der Waals surface area (Å²) in [5, 5.41) is 0. The van der Waals surface area contributed by atoms with Crippen LogP contribution in [-0.4, -0.2) is 27.1 Å². The number of hydrogen-bond acceptors (Lipinski definition) is 4. The van der Waals surface area contributed by atoms with Gasteiger partial charge < -0.3 is 14.2 Å². The van der Waals surface area contributed by atoms with Crippen molar-refractivity contribution in [2.75, 3.05) is 21.3 Å². The van der Waals surface area contributed by atoms with Crippen LogP contribution in [0.25, 0.3) is 0 Å². The Balaban J connectivity index is 2.40. The van der Waals surface area contributed by atoms with Crippen LogP contribution in [0.4, 0.5) is 0 Å². The summed E-state index contributed by atoms with van der Waals surface area (Å²) >= 11 is 0. The Hall–Kier alpha value is -2.93. The number of rotatable bonds is 4. The summed E-state index contributed by atoms with van der Waals surface area (Å²) in [6.45, 7) is 0. The van der Waals surface area contributed by atoms with Gasteiger partial charge in [-0.1, -0.05) is 24.1 Å². The fourth-order valence-corrected chi connectivity index (χ4v) is 2.00. The van der Waals surface area contributed by atoms with Crippen molar-refractivity contribution in [3.63, 3.8) is 0 Å². The van der Waals surface area contributed by atoms with Gasteiger partial charge in [0, 0.05) is 5.56 Å². The number of ether oxygens (including phenoxy) is 3. The number of benzene rings is 2. The first-order valence-electron chi connectivity index (χ1n) is 6.61. The lowest BCUT2D eigenvalue weighted by Crippen LogP contribution is -2.03. The molecule has 0 atom stereocenters. The van der Waals surface area contributed by atoms with Crippen LogP contribution in [0.3, 0.4) is 0 Å². The van der Waals surface area contributed by atoms with Crippen LogP contribution >= 0.6 is 0 Å². The monoisotopic (exact) mass is 296 g/mol. The molecule has 0 amide bonds. The molecule has 112 valence electrons. The van der Waals surface area contributed by atoms with Crippen LogP contribution in [0, 0.1) is 11.8 Å². The minimum atomic E-state index is -0.346. The highest BCUT2D eigenvalue weighted by atomic mass is 16.5. The summed E-state index contributed by atoms with van der Waals surface area (Å²) in [6, 6.07) is 12.6. The minimum absolute atomic E-state index is 0.314. The Morgan fingerprint density at radius 2 is 1.55 bits per heavy atom. The maximum absolute atomic E-state index is 12.3. The highest BCUT2D eigenvalue weighted by molar-refractivity contribution is 6.11. The molecule has 0 saturated carbocycles. The highest BCUT2D eigenvalue weighted by Crippen LogP contribution is 2.39. The second-order valence-corrected chi connectivity index (χ2v) is 4.33. The third kappa shape index (κ3) is 3.21. The fourth-order valence-electron chi connectivity index (χ4n) is 2.00. The van der Waals surface area contributed by atoms with E-state index in [1.54, 1.807) is 12.1 Å². The molecule has 0 radical (unpaired) electrons. The number of Topliss-reactive ketones (excluding diaryl/α,β-unsaturated/α-hetero) is 1. The molecule has 22 heavy (non-hydrogen) atoms. The Labute approximate surface area is 129 Å². The quantitative estimate of drug-likeness (QED) is 0.643. The van der Waals surface area contributed by atoms with Crippen LogP contribution in [0.5, 0.6) is 17.2 Å². The minimum Gasteiger partial charge on any atom is -0.493 e. The standard InChI is InChI=1S/C18H16O4/c1-20-16-12-10-14(17(21-2)18(16)22-3)15(19)11-9-13-7-5-4-6-8-13/h4-8,10,12H,1-3H3. The Kier molecular flexibility index (Phi) is 5.05. The summed E-state index contributed by atoms with van der Waals surface area (Å²) in [5.41, 5.74) is 1.11. The maximum Gasteiger partial charge on any atom is 0.240 e. The van der Waals surface area contributed by atoms with Gasteiger partial charge in [-0.05, 0) is 30.2 Å². The lowest BCUT2D eigenvalue weighted by atomic mass is 10.1. The van der Waals surface area contributed by atoms with E-state index < -0.39 is 0 Å². The molecule has 2 aromatic carbocycles. The smallest absolute Gasteiger partial charge is 0.240 e. The predicted molar refractivity (Wildman–Crippen MR) is 83.7 cm³/mol. The van der Waals surface area contributed by atoms with Crippen LogP contribution in [0.1, 0.15) is 15.9 Å². The number of methoxy groups -OCH3 is 3. The second-order valence-electron chi connectivity index (χ2n) is 4.33. The molecular formula is C18H16O4. The van der Waals surface area contributed by atoms with E-state index >= 15 is 0 Å². The second kappa shape index (κ2) is 7.19. The van der Waals surface area contributed by atoms with Crippen LogP contribution in [-0.2, 0) is 0 Å². The normalized spacial score (nSPS) is 9.41. The van der Waals surface area contributed by atoms with Crippen molar-refractivity contribution >= 4 is 5.78 Å². The Bertz CT molecular complexity index is 724. The first-order chi connectivity index (χ1) is 10.7. The predicted octanol–water partition coefficient (Wildman–Crippen LogP) is 2.95. The molecule has 4 nitrogen and oxygen atoms in total. The van der Waals surface area contributed by atoms with Gasteiger partial charge in [-0.25, -0.2) is 0 Å². The first-order valence-corrected chi connectivity index (χ1v) is 6.61. The average molecular weight is 296 g/mol. The van der Waals surface area contributed by atoms with Crippen molar-refractivity contribution in [1.29, 1.82) is 0 Å². The van der Waals surface area contributed by atoms with E-state index in [1.165, 1.54) is 21.3 Å². The zero-order chi connectivity index (χ0) is 15.9. The summed E-state index contributed by atoms with van der Waals surface area (Å²) in [5.74, 6) is 6.28. The molecule has 2 aromatic rings. The van der Waals surface area contributed by atoms with Gasteiger partial charge in [0.2, 0.25) is 11.5 Å². The van der Waals surface area contributed by atoms with Crippen molar-refractivity contribution in [1.82, 2.24) is 0 Å². The Morgan fingerprint density at radius 3 is 2.14 bits per heavy atom. The van der Waals surface area contributed by atoms with Crippen LogP contribution < -0.4 is 14.2 Å². The van der Waals surface area contributed by atoms with Crippen molar-refractivity contribution < 1.29 is 19.0 Å². The van der Waals surface area contributed by atoms with Gasteiger partial charge in [0.25, 0.3) is 0 Å². The Morgan fingerprint density at radius 1 is 0.864 bits per heavy atom. The zero-order valence-corrected chi connectivity index (χ0v) is 12.7. The van der Waals surface area contributed by atoms with E-state index in [9.17, 15) is 4.79 Å². The van der Waals surface area contributed by atoms with Crippen molar-refractivity contribution in [3.05, 3.63) is 53.6 Å². The van der Waals surface area contributed by atoms with E-state index in [2.05, 4.69) is 11.8 Å². The number of hydrogen-bond donors (Lipinski definition) is 0. The van der Waals surface area contributed by atoms with Crippen molar-refractivity contribution in [2.24, 2.45) is 0 Å². The zero-order valence-electron chi connectivity index (χ0n) is 12.7. The molecular weight excluding hydrogens is 280 g/mol.